The molecule has 0 radical (unpaired) electrons. The maximum atomic E-state index is 13.0. The second-order valence-electron chi connectivity index (χ2n) is 5.97. The second kappa shape index (κ2) is 6.40. The van der Waals surface area contributed by atoms with Gasteiger partial charge in [-0.15, -0.1) is 0 Å². The summed E-state index contributed by atoms with van der Waals surface area (Å²) in [6, 6.07) is 15.8. The zero-order valence-electron chi connectivity index (χ0n) is 12.5. The van der Waals surface area contributed by atoms with E-state index in [9.17, 15) is 4.39 Å². The molecule has 1 nitrogen and oxygen atoms in total. The Morgan fingerprint density at radius 3 is 2.71 bits per heavy atom. The van der Waals surface area contributed by atoms with Gasteiger partial charge in [0.1, 0.15) is 5.82 Å². The predicted octanol–water partition coefficient (Wildman–Crippen LogP) is 4.60. The molecule has 0 fully saturated rings. The van der Waals surface area contributed by atoms with Gasteiger partial charge >= 0.3 is 0 Å². The standard InChI is InChI=1S/C19H22FN/c1-14(15-9-11-18(20)12-10-15)21-13-17-7-4-6-16-5-2-3-8-19(16)17/h2-3,5,8-12,14,17,21H,4,6-7,13H2,1H3/t14-,17?/m0/s1. The highest BCUT2D eigenvalue weighted by molar-refractivity contribution is 5.33. The van der Waals surface area contributed by atoms with Gasteiger partial charge in [-0.1, -0.05) is 36.4 Å². The normalized spacial score (nSPS) is 19.0. The van der Waals surface area contributed by atoms with Gasteiger partial charge in [0.2, 0.25) is 0 Å². The highest BCUT2D eigenvalue weighted by atomic mass is 19.1. The molecule has 0 amide bonds. The van der Waals surface area contributed by atoms with Gasteiger partial charge in [0.05, 0.1) is 0 Å². The lowest BCUT2D eigenvalue weighted by Gasteiger charge is -2.27. The summed E-state index contributed by atoms with van der Waals surface area (Å²) in [5.41, 5.74) is 4.15. The Bertz CT molecular complexity index is 591. The number of nitrogens with one attached hydrogen (secondary N) is 1. The van der Waals surface area contributed by atoms with Crippen molar-refractivity contribution in [3.63, 3.8) is 0 Å². The van der Waals surface area contributed by atoms with Crippen LogP contribution in [0.1, 0.15) is 48.4 Å². The fourth-order valence-corrected chi connectivity index (χ4v) is 3.25. The van der Waals surface area contributed by atoms with Crippen LogP contribution in [-0.4, -0.2) is 6.54 Å². The van der Waals surface area contributed by atoms with Crippen LogP contribution in [0.4, 0.5) is 4.39 Å². The molecule has 0 aromatic heterocycles. The monoisotopic (exact) mass is 283 g/mol. The summed E-state index contributed by atoms with van der Waals surface area (Å²) in [4.78, 5) is 0. The van der Waals surface area contributed by atoms with Crippen LogP contribution in [0.15, 0.2) is 48.5 Å². The van der Waals surface area contributed by atoms with Crippen LogP contribution in [0.25, 0.3) is 0 Å². The Kier molecular flexibility index (Phi) is 4.35. The van der Waals surface area contributed by atoms with Gasteiger partial charge in [-0.25, -0.2) is 4.39 Å². The number of fused-ring (bicyclic) bond motifs is 1. The second-order valence-corrected chi connectivity index (χ2v) is 5.97. The van der Waals surface area contributed by atoms with E-state index in [1.54, 1.807) is 0 Å². The van der Waals surface area contributed by atoms with Gasteiger partial charge in [-0.05, 0) is 60.9 Å². The van der Waals surface area contributed by atoms with Crippen LogP contribution in [0.2, 0.25) is 0 Å². The third-order valence-corrected chi connectivity index (χ3v) is 4.53. The topological polar surface area (TPSA) is 12.0 Å². The van der Waals surface area contributed by atoms with Crippen molar-refractivity contribution in [2.75, 3.05) is 6.54 Å². The van der Waals surface area contributed by atoms with Gasteiger partial charge in [-0.2, -0.15) is 0 Å². The number of aryl methyl sites for hydroxylation is 1. The third kappa shape index (κ3) is 3.33. The molecule has 3 rings (SSSR count). The largest absolute Gasteiger partial charge is 0.310 e. The highest BCUT2D eigenvalue weighted by Crippen LogP contribution is 2.31. The minimum absolute atomic E-state index is 0.174. The molecule has 1 aliphatic rings. The zero-order chi connectivity index (χ0) is 14.7. The van der Waals surface area contributed by atoms with Gasteiger partial charge in [0.25, 0.3) is 0 Å². The number of hydrogen-bond acceptors (Lipinski definition) is 1. The Balaban J connectivity index is 1.64. The SMILES string of the molecule is C[C@H](NCC1CCCc2ccccc21)c1ccc(F)cc1. The van der Waals surface area contributed by atoms with Gasteiger partial charge < -0.3 is 5.32 Å². The van der Waals surface area contributed by atoms with Gasteiger partial charge in [0.15, 0.2) is 0 Å². The summed E-state index contributed by atoms with van der Waals surface area (Å²) >= 11 is 0. The minimum atomic E-state index is -0.174. The van der Waals surface area contributed by atoms with Crippen molar-refractivity contribution in [2.24, 2.45) is 0 Å². The average Bonchev–Trinajstić information content (AvgIpc) is 2.53. The van der Waals surface area contributed by atoms with Crippen molar-refractivity contribution >= 4 is 0 Å². The number of halogens is 1. The molecule has 2 aromatic carbocycles. The fraction of sp³-hybridized carbons (Fsp3) is 0.368. The lowest BCUT2D eigenvalue weighted by Crippen LogP contribution is -2.26. The predicted molar refractivity (Wildman–Crippen MR) is 84.9 cm³/mol. The Morgan fingerprint density at radius 2 is 1.90 bits per heavy atom. The molecule has 0 heterocycles. The maximum Gasteiger partial charge on any atom is 0.123 e. The van der Waals surface area contributed by atoms with Gasteiger partial charge in [-0.3, -0.25) is 0 Å². The van der Waals surface area contributed by atoms with E-state index in [4.69, 9.17) is 0 Å². The molecule has 21 heavy (non-hydrogen) atoms. The summed E-state index contributed by atoms with van der Waals surface area (Å²) in [6.45, 7) is 3.12. The van der Waals surface area contributed by atoms with Crippen molar-refractivity contribution in [3.8, 4) is 0 Å². The Hall–Kier alpha value is -1.67. The molecule has 0 aliphatic heterocycles. The number of hydrogen-bond donors (Lipinski definition) is 1. The van der Waals surface area contributed by atoms with Crippen molar-refractivity contribution in [1.29, 1.82) is 0 Å². The quantitative estimate of drug-likeness (QED) is 0.865. The van der Waals surface area contributed by atoms with E-state index in [-0.39, 0.29) is 11.9 Å². The van der Waals surface area contributed by atoms with E-state index in [1.807, 2.05) is 12.1 Å². The van der Waals surface area contributed by atoms with E-state index in [2.05, 4.69) is 36.5 Å². The molecule has 0 saturated heterocycles. The summed E-state index contributed by atoms with van der Waals surface area (Å²) in [5.74, 6) is 0.421. The molecule has 1 unspecified atom stereocenters. The molecule has 0 saturated carbocycles. The van der Waals surface area contributed by atoms with Gasteiger partial charge in [0, 0.05) is 12.6 Å². The van der Waals surface area contributed by atoms with E-state index in [0.29, 0.717) is 5.92 Å². The summed E-state index contributed by atoms with van der Waals surface area (Å²) in [5, 5.41) is 3.61. The van der Waals surface area contributed by atoms with E-state index in [0.717, 1.165) is 12.1 Å². The Labute approximate surface area is 126 Å². The van der Waals surface area contributed by atoms with E-state index >= 15 is 0 Å². The highest BCUT2D eigenvalue weighted by Gasteiger charge is 2.20. The summed E-state index contributed by atoms with van der Waals surface area (Å²) in [7, 11) is 0. The van der Waals surface area contributed by atoms with Crippen molar-refractivity contribution in [3.05, 3.63) is 71.0 Å². The molecule has 1 aliphatic carbocycles. The average molecular weight is 283 g/mol. The lowest BCUT2D eigenvalue weighted by atomic mass is 9.82. The van der Waals surface area contributed by atoms with Crippen LogP contribution in [0.5, 0.6) is 0 Å². The molecule has 2 atom stereocenters. The van der Waals surface area contributed by atoms with Crippen LogP contribution in [-0.2, 0) is 6.42 Å². The van der Waals surface area contributed by atoms with Crippen LogP contribution in [0, 0.1) is 5.82 Å². The molecule has 1 N–H and O–H groups in total. The third-order valence-electron chi connectivity index (χ3n) is 4.53. The minimum Gasteiger partial charge on any atom is -0.310 e. The zero-order valence-corrected chi connectivity index (χ0v) is 12.5. The first-order valence-electron chi connectivity index (χ1n) is 7.80. The maximum absolute atomic E-state index is 13.0. The molecule has 110 valence electrons. The Morgan fingerprint density at radius 1 is 1.14 bits per heavy atom. The molecular weight excluding hydrogens is 261 g/mol. The van der Waals surface area contributed by atoms with E-state index < -0.39 is 0 Å². The molecule has 2 aromatic rings. The fourth-order valence-electron chi connectivity index (χ4n) is 3.25. The molecule has 0 spiro atoms. The van der Waals surface area contributed by atoms with Crippen molar-refractivity contribution in [2.45, 2.75) is 38.1 Å². The summed E-state index contributed by atoms with van der Waals surface area (Å²) in [6.07, 6.45) is 3.73. The lowest BCUT2D eigenvalue weighted by molar-refractivity contribution is 0.473. The number of rotatable bonds is 4. The first-order valence-corrected chi connectivity index (χ1v) is 7.80. The summed E-state index contributed by atoms with van der Waals surface area (Å²) < 4.78 is 13.0. The first kappa shape index (κ1) is 14.3. The number of benzene rings is 2. The van der Waals surface area contributed by atoms with E-state index in [1.165, 1.54) is 42.5 Å². The molecule has 0 bridgehead atoms. The van der Waals surface area contributed by atoms with Crippen LogP contribution < -0.4 is 5.32 Å². The van der Waals surface area contributed by atoms with Crippen LogP contribution in [0.3, 0.4) is 0 Å². The molecule has 2 heteroatoms. The van der Waals surface area contributed by atoms with Crippen LogP contribution >= 0.6 is 0 Å². The first-order chi connectivity index (χ1) is 10.2. The van der Waals surface area contributed by atoms with Crippen molar-refractivity contribution < 1.29 is 4.39 Å². The molecular formula is C19H22FN. The van der Waals surface area contributed by atoms with Crippen molar-refractivity contribution in [1.82, 2.24) is 5.32 Å². The smallest absolute Gasteiger partial charge is 0.123 e.